The van der Waals surface area contributed by atoms with Gasteiger partial charge in [-0.25, -0.2) is 14.2 Å². The van der Waals surface area contributed by atoms with Gasteiger partial charge in [-0.15, -0.1) is 0 Å². The lowest BCUT2D eigenvalue weighted by Crippen LogP contribution is -2.35. The molecule has 3 heterocycles. The summed E-state index contributed by atoms with van der Waals surface area (Å²) in [6, 6.07) is 9.01. The summed E-state index contributed by atoms with van der Waals surface area (Å²) < 4.78 is 19.3. The van der Waals surface area contributed by atoms with E-state index in [0.717, 1.165) is 0 Å². The second-order valence-electron chi connectivity index (χ2n) is 10.2. The van der Waals surface area contributed by atoms with Crippen molar-refractivity contribution in [3.8, 4) is 11.3 Å². The van der Waals surface area contributed by atoms with Crippen molar-refractivity contribution in [1.29, 1.82) is 0 Å². The average Bonchev–Trinajstić information content (AvgIpc) is 3.24. The van der Waals surface area contributed by atoms with Crippen LogP contribution in [0.15, 0.2) is 48.6 Å². The molecule has 2 aliphatic heterocycles. The molecule has 1 unspecified atom stereocenters. The molecule has 12 heteroatoms. The first-order valence-electron chi connectivity index (χ1n) is 13.7. The molecule has 220 valence electrons. The summed E-state index contributed by atoms with van der Waals surface area (Å²) in [6.07, 6.45) is 5.65. The number of benzene rings is 2. The van der Waals surface area contributed by atoms with Crippen LogP contribution in [0.5, 0.6) is 0 Å². The number of ether oxygens (including phenoxy) is 1. The Hall–Kier alpha value is -3.89. The van der Waals surface area contributed by atoms with Crippen molar-refractivity contribution in [2.24, 2.45) is 0 Å². The highest BCUT2D eigenvalue weighted by Crippen LogP contribution is 2.39. The Bertz CT molecular complexity index is 1540. The zero-order chi connectivity index (χ0) is 29.8. The van der Waals surface area contributed by atoms with Crippen LogP contribution in [0.2, 0.25) is 10.2 Å². The zero-order valence-corrected chi connectivity index (χ0v) is 24.4. The number of imidazole rings is 1. The quantitative estimate of drug-likeness (QED) is 0.270. The fourth-order valence-electron chi connectivity index (χ4n) is 5.44. The van der Waals surface area contributed by atoms with Crippen molar-refractivity contribution in [3.05, 3.63) is 75.9 Å². The number of anilines is 2. The fourth-order valence-corrected chi connectivity index (χ4v) is 5.86. The predicted molar refractivity (Wildman–Crippen MR) is 159 cm³/mol. The predicted octanol–water partition coefficient (Wildman–Crippen LogP) is 7.22. The third kappa shape index (κ3) is 6.60. The Balaban J connectivity index is 1.49. The molecular formula is C30H30Cl2FN5O4. The van der Waals surface area contributed by atoms with Crippen LogP contribution < -0.4 is 10.6 Å². The highest BCUT2D eigenvalue weighted by Gasteiger charge is 2.32. The lowest BCUT2D eigenvalue weighted by molar-refractivity contribution is -0.133. The second kappa shape index (κ2) is 13.0. The van der Waals surface area contributed by atoms with Gasteiger partial charge in [0.15, 0.2) is 0 Å². The number of hydrogen-bond acceptors (Lipinski definition) is 5. The first-order chi connectivity index (χ1) is 20.2. The van der Waals surface area contributed by atoms with E-state index in [1.54, 1.807) is 29.2 Å². The Labute approximate surface area is 252 Å². The van der Waals surface area contributed by atoms with Gasteiger partial charge < -0.3 is 19.9 Å². The van der Waals surface area contributed by atoms with E-state index in [2.05, 4.69) is 20.4 Å². The van der Waals surface area contributed by atoms with E-state index in [4.69, 9.17) is 28.2 Å². The Morgan fingerprint density at radius 1 is 1.12 bits per heavy atom. The molecule has 3 N–H and O–H groups in total. The number of nitrogens with one attached hydrogen (secondary N) is 3. The molecule has 2 aliphatic rings. The third-order valence-electron chi connectivity index (χ3n) is 7.56. The van der Waals surface area contributed by atoms with Crippen molar-refractivity contribution in [3.63, 3.8) is 0 Å². The standard InChI is InChI=1S/C30H30Cl2FN5O4/c1-42-30(41)34-19-9-10-20-23(16-19)35-25(39)6-4-2-3-5-24(29-36-27(20)28(32)37-29)38-14-13-17(7-12-26(38)40)21-15-18(31)8-11-22(21)33/h2-3,8-11,15-17,24H,4-7,12-14H2,1H3,(H,34,41)(H,35,39)(H,36,37)/b3-2+/t17?,24-/m0/s1. The second-order valence-corrected chi connectivity index (χ2v) is 11.1. The van der Waals surface area contributed by atoms with E-state index in [1.165, 1.54) is 19.2 Å². The molecule has 3 amide bonds. The van der Waals surface area contributed by atoms with Crippen molar-refractivity contribution in [2.75, 3.05) is 24.3 Å². The summed E-state index contributed by atoms with van der Waals surface area (Å²) in [7, 11) is 1.26. The molecule has 0 radical (unpaired) electrons. The van der Waals surface area contributed by atoms with Crippen LogP contribution in [0.1, 0.15) is 61.9 Å². The normalized spacial score (nSPS) is 20.2. The van der Waals surface area contributed by atoms with E-state index in [0.29, 0.717) is 71.3 Å². The number of likely N-dealkylation sites (tertiary alicyclic amines) is 1. The summed E-state index contributed by atoms with van der Waals surface area (Å²) in [4.78, 5) is 47.7. The van der Waals surface area contributed by atoms with Crippen molar-refractivity contribution in [1.82, 2.24) is 14.9 Å². The van der Waals surface area contributed by atoms with Gasteiger partial charge >= 0.3 is 6.09 Å². The number of fused-ring (bicyclic) bond motifs is 4. The maximum absolute atomic E-state index is 14.7. The van der Waals surface area contributed by atoms with Crippen molar-refractivity contribution < 1.29 is 23.5 Å². The largest absolute Gasteiger partial charge is 0.453 e. The number of carbonyl (C=O) groups excluding carboxylic acids is 3. The van der Waals surface area contributed by atoms with Gasteiger partial charge in [0.05, 0.1) is 18.8 Å². The van der Waals surface area contributed by atoms with Crippen LogP contribution >= 0.6 is 23.2 Å². The molecule has 3 aromatic rings. The molecule has 0 spiro atoms. The fraction of sp³-hybridized carbons (Fsp3) is 0.333. The van der Waals surface area contributed by atoms with Crippen LogP contribution in [-0.4, -0.2) is 46.4 Å². The summed E-state index contributed by atoms with van der Waals surface area (Å²) in [5, 5.41) is 6.18. The average molecular weight is 615 g/mol. The lowest BCUT2D eigenvalue weighted by Gasteiger charge is -2.29. The maximum atomic E-state index is 14.7. The smallest absolute Gasteiger partial charge is 0.411 e. The molecule has 0 aliphatic carbocycles. The number of methoxy groups -OCH3 is 1. The molecule has 1 aromatic heterocycles. The first-order valence-corrected chi connectivity index (χ1v) is 14.4. The van der Waals surface area contributed by atoms with Gasteiger partial charge in [0.2, 0.25) is 11.8 Å². The molecular weight excluding hydrogens is 584 g/mol. The third-order valence-corrected chi connectivity index (χ3v) is 8.07. The van der Waals surface area contributed by atoms with Crippen molar-refractivity contribution >= 4 is 52.5 Å². The van der Waals surface area contributed by atoms with Gasteiger partial charge in [-0.3, -0.25) is 14.9 Å². The number of amides is 3. The van der Waals surface area contributed by atoms with Crippen LogP contribution in [0.25, 0.3) is 11.3 Å². The number of carbonyl (C=O) groups is 3. The van der Waals surface area contributed by atoms with Gasteiger partial charge in [0, 0.05) is 35.7 Å². The minimum absolute atomic E-state index is 0.0625. The molecule has 1 saturated heterocycles. The number of H-pyrrole nitrogens is 1. The van der Waals surface area contributed by atoms with Gasteiger partial charge in [-0.1, -0.05) is 35.4 Å². The lowest BCUT2D eigenvalue weighted by atomic mass is 9.91. The number of aromatic nitrogens is 2. The van der Waals surface area contributed by atoms with Crippen molar-refractivity contribution in [2.45, 2.75) is 50.5 Å². The molecule has 42 heavy (non-hydrogen) atoms. The SMILES string of the molecule is COC(=O)Nc1ccc2c(c1)NC(=O)CC/C=C/C[C@H](N1CCC(c3cc(Cl)ccc3F)CCC1=O)c1nc-2c(Cl)[nH]1. The van der Waals surface area contributed by atoms with Crippen LogP contribution in [0.4, 0.5) is 20.6 Å². The number of aromatic amines is 1. The summed E-state index contributed by atoms with van der Waals surface area (Å²) in [5.41, 5.74) is 2.27. The number of rotatable bonds is 3. The molecule has 2 atom stereocenters. The Morgan fingerprint density at radius 2 is 1.95 bits per heavy atom. The molecule has 1 fully saturated rings. The number of hydrogen-bond donors (Lipinski definition) is 3. The van der Waals surface area contributed by atoms with Gasteiger partial charge in [-0.2, -0.15) is 0 Å². The number of allylic oxidation sites excluding steroid dienone is 1. The van der Waals surface area contributed by atoms with Crippen LogP contribution in [0, 0.1) is 5.82 Å². The van der Waals surface area contributed by atoms with Gasteiger partial charge in [0.25, 0.3) is 0 Å². The van der Waals surface area contributed by atoms with E-state index in [9.17, 15) is 18.8 Å². The minimum atomic E-state index is -0.651. The topological polar surface area (TPSA) is 116 Å². The zero-order valence-electron chi connectivity index (χ0n) is 22.9. The van der Waals surface area contributed by atoms with E-state index >= 15 is 0 Å². The maximum Gasteiger partial charge on any atom is 0.411 e. The van der Waals surface area contributed by atoms with Gasteiger partial charge in [-0.05, 0) is 73.6 Å². The molecule has 5 rings (SSSR count). The number of nitrogens with zero attached hydrogens (tertiary/aromatic N) is 2. The molecule has 9 nitrogen and oxygen atoms in total. The van der Waals surface area contributed by atoms with E-state index < -0.39 is 12.1 Å². The highest BCUT2D eigenvalue weighted by atomic mass is 35.5. The molecule has 2 bridgehead atoms. The van der Waals surface area contributed by atoms with Gasteiger partial charge in [0.1, 0.15) is 22.5 Å². The summed E-state index contributed by atoms with van der Waals surface area (Å²) in [5.74, 6) is -0.276. The van der Waals surface area contributed by atoms with Crippen LogP contribution in [0.3, 0.4) is 0 Å². The first kappa shape index (κ1) is 29.6. The Morgan fingerprint density at radius 3 is 2.76 bits per heavy atom. The highest BCUT2D eigenvalue weighted by molar-refractivity contribution is 6.32. The monoisotopic (exact) mass is 613 g/mol. The van der Waals surface area contributed by atoms with Crippen LogP contribution in [-0.2, 0) is 14.3 Å². The minimum Gasteiger partial charge on any atom is -0.453 e. The summed E-state index contributed by atoms with van der Waals surface area (Å²) >= 11 is 12.8. The summed E-state index contributed by atoms with van der Waals surface area (Å²) in [6.45, 7) is 0.390. The number of halogens is 3. The Kier molecular flexibility index (Phi) is 9.13. The molecule has 2 aromatic carbocycles. The van der Waals surface area contributed by atoms with E-state index in [-0.39, 0.29) is 41.5 Å². The molecule has 0 saturated carbocycles. The van der Waals surface area contributed by atoms with E-state index in [1.807, 2.05) is 12.2 Å².